The molecule has 1 aromatic carbocycles. The first-order valence-corrected chi connectivity index (χ1v) is 12.5. The van der Waals surface area contributed by atoms with E-state index in [9.17, 15) is 19.2 Å². The zero-order valence-corrected chi connectivity index (χ0v) is 19.9. The molecule has 184 valence electrons. The Bertz CT molecular complexity index is 907. The van der Waals surface area contributed by atoms with Gasteiger partial charge in [0.05, 0.1) is 6.54 Å². The SMILES string of the molecule is CC[C@]1(c2ccccc2)NC(=O)N(NC(=O)CN2CCC(C(=O)N3CCCCCC3)CC2)C1=O. The predicted molar refractivity (Wildman–Crippen MR) is 126 cm³/mol. The molecule has 3 heterocycles. The maximum absolute atomic E-state index is 13.2. The number of benzene rings is 1. The first-order chi connectivity index (χ1) is 16.4. The van der Waals surface area contributed by atoms with Crippen molar-refractivity contribution in [1.82, 2.24) is 25.6 Å². The fraction of sp³-hybridized carbons (Fsp3) is 0.600. The molecule has 0 aliphatic carbocycles. The topological polar surface area (TPSA) is 102 Å². The van der Waals surface area contributed by atoms with Gasteiger partial charge >= 0.3 is 6.03 Å². The third-order valence-corrected chi connectivity index (χ3v) is 7.35. The summed E-state index contributed by atoms with van der Waals surface area (Å²) in [5, 5.41) is 3.56. The number of nitrogens with zero attached hydrogens (tertiary/aromatic N) is 3. The van der Waals surface area contributed by atoms with Gasteiger partial charge in [-0.25, -0.2) is 4.79 Å². The highest BCUT2D eigenvalue weighted by atomic mass is 16.2. The van der Waals surface area contributed by atoms with Gasteiger partial charge in [-0.05, 0) is 50.8 Å². The number of carbonyl (C=O) groups is 4. The summed E-state index contributed by atoms with van der Waals surface area (Å²) in [5.74, 6) is -0.636. The third kappa shape index (κ3) is 4.94. The Labute approximate surface area is 200 Å². The van der Waals surface area contributed by atoms with E-state index in [-0.39, 0.29) is 18.4 Å². The molecule has 0 aromatic heterocycles. The number of amides is 5. The lowest BCUT2D eigenvalue weighted by Gasteiger charge is -2.33. The molecule has 34 heavy (non-hydrogen) atoms. The highest BCUT2D eigenvalue weighted by molar-refractivity contribution is 6.08. The smallest absolute Gasteiger partial charge is 0.342 e. The number of nitrogens with one attached hydrogen (secondary N) is 2. The second-order valence-corrected chi connectivity index (χ2v) is 9.52. The van der Waals surface area contributed by atoms with Crippen molar-refractivity contribution in [3.8, 4) is 0 Å². The lowest BCUT2D eigenvalue weighted by atomic mass is 9.87. The first kappa shape index (κ1) is 24.2. The Balaban J connectivity index is 1.29. The lowest BCUT2D eigenvalue weighted by Crippen LogP contribution is -2.52. The minimum absolute atomic E-state index is 0.0133. The van der Waals surface area contributed by atoms with Crippen molar-refractivity contribution in [2.75, 3.05) is 32.7 Å². The van der Waals surface area contributed by atoms with Crippen LogP contribution in [0.5, 0.6) is 0 Å². The van der Waals surface area contributed by atoms with Crippen molar-refractivity contribution in [3.63, 3.8) is 0 Å². The monoisotopic (exact) mass is 469 g/mol. The number of piperidine rings is 1. The van der Waals surface area contributed by atoms with Crippen LogP contribution in [0, 0.1) is 5.92 Å². The number of carbonyl (C=O) groups excluding carboxylic acids is 4. The van der Waals surface area contributed by atoms with Crippen LogP contribution in [0.15, 0.2) is 30.3 Å². The van der Waals surface area contributed by atoms with E-state index in [2.05, 4.69) is 10.7 Å². The predicted octanol–water partition coefficient (Wildman–Crippen LogP) is 1.99. The molecule has 0 spiro atoms. The van der Waals surface area contributed by atoms with Crippen molar-refractivity contribution in [3.05, 3.63) is 35.9 Å². The van der Waals surface area contributed by atoms with E-state index in [4.69, 9.17) is 0 Å². The van der Waals surface area contributed by atoms with E-state index in [1.54, 1.807) is 12.1 Å². The van der Waals surface area contributed by atoms with Gasteiger partial charge in [0.2, 0.25) is 5.91 Å². The Hall–Kier alpha value is -2.94. The van der Waals surface area contributed by atoms with Crippen molar-refractivity contribution in [2.24, 2.45) is 5.92 Å². The van der Waals surface area contributed by atoms with Crippen molar-refractivity contribution < 1.29 is 19.2 Å². The summed E-state index contributed by atoms with van der Waals surface area (Å²) in [6, 6.07) is 8.43. The van der Waals surface area contributed by atoms with Crippen LogP contribution in [0.1, 0.15) is 57.4 Å². The molecule has 1 aromatic rings. The Morgan fingerprint density at radius 3 is 2.26 bits per heavy atom. The summed E-state index contributed by atoms with van der Waals surface area (Å²) in [7, 11) is 0. The summed E-state index contributed by atoms with van der Waals surface area (Å²) in [6.07, 6.45) is 6.36. The van der Waals surface area contributed by atoms with E-state index in [1.165, 1.54) is 12.8 Å². The fourth-order valence-electron chi connectivity index (χ4n) is 5.29. The minimum Gasteiger partial charge on any atom is -0.342 e. The Morgan fingerprint density at radius 2 is 1.65 bits per heavy atom. The summed E-state index contributed by atoms with van der Waals surface area (Å²) in [4.78, 5) is 55.3. The summed E-state index contributed by atoms with van der Waals surface area (Å²) >= 11 is 0. The van der Waals surface area contributed by atoms with Crippen LogP contribution in [0.3, 0.4) is 0 Å². The Kier molecular flexibility index (Phi) is 7.50. The van der Waals surface area contributed by atoms with Crippen LogP contribution in [0.25, 0.3) is 0 Å². The van der Waals surface area contributed by atoms with E-state index in [0.717, 1.165) is 43.8 Å². The van der Waals surface area contributed by atoms with E-state index in [0.29, 0.717) is 25.1 Å². The summed E-state index contributed by atoms with van der Waals surface area (Å²) < 4.78 is 0. The van der Waals surface area contributed by atoms with Gasteiger partial charge in [0.25, 0.3) is 11.8 Å². The third-order valence-electron chi connectivity index (χ3n) is 7.35. The second-order valence-electron chi connectivity index (χ2n) is 9.52. The Morgan fingerprint density at radius 1 is 1.00 bits per heavy atom. The number of hydrazine groups is 1. The maximum Gasteiger partial charge on any atom is 0.344 e. The standard InChI is InChI=1S/C25H35N5O4/c1-2-25(20-10-6-5-7-11-20)23(33)30(24(34)26-25)27-21(31)18-28-16-12-19(13-17-28)22(32)29-14-8-3-4-9-15-29/h5-7,10-11,19H,2-4,8-9,12-18H2,1H3,(H,26,34)(H,27,31)/t25-/m1/s1. The summed E-state index contributed by atoms with van der Waals surface area (Å²) in [6.45, 7) is 4.90. The molecule has 0 saturated carbocycles. The van der Waals surface area contributed by atoms with Crippen molar-refractivity contribution in [1.29, 1.82) is 0 Å². The quantitative estimate of drug-likeness (QED) is 0.621. The molecule has 3 aliphatic rings. The lowest BCUT2D eigenvalue weighted by molar-refractivity contribution is -0.140. The van der Waals surface area contributed by atoms with Gasteiger partial charge in [-0.2, -0.15) is 5.01 Å². The molecule has 9 nitrogen and oxygen atoms in total. The molecule has 2 N–H and O–H groups in total. The molecular weight excluding hydrogens is 434 g/mol. The second kappa shape index (κ2) is 10.5. The number of urea groups is 1. The molecule has 3 aliphatic heterocycles. The number of rotatable bonds is 6. The van der Waals surface area contributed by atoms with Gasteiger partial charge in [0, 0.05) is 19.0 Å². The minimum atomic E-state index is -1.18. The van der Waals surface area contributed by atoms with Gasteiger partial charge in [0.1, 0.15) is 5.54 Å². The molecule has 5 amide bonds. The van der Waals surface area contributed by atoms with Crippen molar-refractivity contribution >= 4 is 23.8 Å². The van der Waals surface area contributed by atoms with E-state index < -0.39 is 23.4 Å². The van der Waals surface area contributed by atoms with Crippen LogP contribution in [0.4, 0.5) is 4.79 Å². The van der Waals surface area contributed by atoms with Gasteiger partial charge in [-0.3, -0.25) is 24.7 Å². The number of hydrogen-bond donors (Lipinski definition) is 2. The molecule has 3 saturated heterocycles. The maximum atomic E-state index is 13.2. The van der Waals surface area contributed by atoms with E-state index >= 15 is 0 Å². The molecule has 0 bridgehead atoms. The molecule has 4 rings (SSSR count). The molecule has 1 atom stereocenters. The number of hydrogen-bond acceptors (Lipinski definition) is 5. The average Bonchev–Trinajstić information content (AvgIpc) is 3.03. The van der Waals surface area contributed by atoms with Gasteiger partial charge in [-0.1, -0.05) is 50.1 Å². The van der Waals surface area contributed by atoms with Crippen LogP contribution in [0.2, 0.25) is 0 Å². The highest BCUT2D eigenvalue weighted by Gasteiger charge is 2.52. The van der Waals surface area contributed by atoms with Crippen LogP contribution in [-0.2, 0) is 19.9 Å². The van der Waals surface area contributed by atoms with Crippen LogP contribution in [-0.4, -0.2) is 71.3 Å². The van der Waals surface area contributed by atoms with E-state index in [1.807, 2.05) is 34.9 Å². The zero-order valence-electron chi connectivity index (χ0n) is 19.9. The highest BCUT2D eigenvalue weighted by Crippen LogP contribution is 2.31. The largest absolute Gasteiger partial charge is 0.344 e. The molecule has 0 unspecified atom stereocenters. The molecule has 9 heteroatoms. The molecule has 3 fully saturated rings. The van der Waals surface area contributed by atoms with Gasteiger partial charge < -0.3 is 10.2 Å². The summed E-state index contributed by atoms with van der Waals surface area (Å²) in [5.41, 5.74) is 1.99. The molecular formula is C25H35N5O4. The van der Waals surface area contributed by atoms with Crippen LogP contribution >= 0.6 is 0 Å². The fourth-order valence-corrected chi connectivity index (χ4v) is 5.29. The zero-order chi connectivity index (χ0) is 24.1. The van der Waals surface area contributed by atoms with Gasteiger partial charge in [0.15, 0.2) is 0 Å². The number of likely N-dealkylation sites (tertiary alicyclic amines) is 2. The molecule has 0 radical (unpaired) electrons. The number of imide groups is 1. The van der Waals surface area contributed by atoms with Gasteiger partial charge in [-0.15, -0.1) is 0 Å². The van der Waals surface area contributed by atoms with Crippen molar-refractivity contribution in [2.45, 2.75) is 57.4 Å². The normalized spacial score (nSPS) is 24.6. The van der Waals surface area contributed by atoms with Crippen LogP contribution < -0.4 is 10.7 Å². The average molecular weight is 470 g/mol. The first-order valence-electron chi connectivity index (χ1n) is 12.5.